The van der Waals surface area contributed by atoms with Crippen molar-refractivity contribution in [2.75, 3.05) is 19.6 Å². The van der Waals surface area contributed by atoms with Crippen LogP contribution in [0.2, 0.25) is 0 Å². The summed E-state index contributed by atoms with van der Waals surface area (Å²) in [5, 5.41) is 3.19. The van der Waals surface area contributed by atoms with E-state index < -0.39 is 0 Å². The van der Waals surface area contributed by atoms with Crippen LogP contribution >= 0.6 is 15.9 Å². The van der Waals surface area contributed by atoms with Crippen molar-refractivity contribution in [3.63, 3.8) is 0 Å². The lowest BCUT2D eigenvalue weighted by atomic mass is 10.0. The number of nitrogens with one attached hydrogen (secondary N) is 1. The van der Waals surface area contributed by atoms with Crippen molar-refractivity contribution >= 4 is 21.8 Å². The minimum atomic E-state index is 0.0563. The zero-order valence-electron chi connectivity index (χ0n) is 13.0. The Bertz CT molecular complexity index is 482. The zero-order valence-corrected chi connectivity index (χ0v) is 14.6. The number of halogens is 1. The first-order valence-corrected chi connectivity index (χ1v) is 8.69. The molecule has 1 aliphatic rings. The van der Waals surface area contributed by atoms with Gasteiger partial charge in [-0.25, -0.2) is 0 Å². The van der Waals surface area contributed by atoms with Crippen LogP contribution in [0.3, 0.4) is 0 Å². The van der Waals surface area contributed by atoms with Crippen molar-refractivity contribution in [1.29, 1.82) is 0 Å². The maximum atomic E-state index is 12.4. The molecule has 4 heteroatoms. The van der Waals surface area contributed by atoms with Gasteiger partial charge < -0.3 is 10.2 Å². The number of carbonyl (C=O) groups is 1. The Morgan fingerprint density at radius 3 is 2.76 bits per heavy atom. The van der Waals surface area contributed by atoms with Crippen molar-refractivity contribution in [2.45, 2.75) is 45.6 Å². The molecule has 1 amide bonds. The van der Waals surface area contributed by atoms with Gasteiger partial charge in [0.15, 0.2) is 0 Å². The first kappa shape index (κ1) is 16.5. The predicted octanol–water partition coefficient (Wildman–Crippen LogP) is 3.75. The van der Waals surface area contributed by atoms with Crippen LogP contribution in [0.1, 0.15) is 48.5 Å². The van der Waals surface area contributed by atoms with E-state index in [1.54, 1.807) is 0 Å². The molecule has 1 fully saturated rings. The van der Waals surface area contributed by atoms with Crippen molar-refractivity contribution in [3.05, 3.63) is 33.8 Å². The molecule has 1 heterocycles. The van der Waals surface area contributed by atoms with Crippen LogP contribution in [0, 0.1) is 6.92 Å². The molecule has 0 bridgehead atoms. The minimum absolute atomic E-state index is 0.0563. The number of benzene rings is 1. The van der Waals surface area contributed by atoms with Gasteiger partial charge in [0.05, 0.1) is 0 Å². The second-order valence-corrected chi connectivity index (χ2v) is 6.71. The second kappa shape index (κ2) is 7.95. The molecule has 1 saturated heterocycles. The molecule has 1 aliphatic heterocycles. The first-order valence-electron chi connectivity index (χ1n) is 7.90. The smallest absolute Gasteiger partial charge is 0.251 e. The molecule has 0 aliphatic carbocycles. The van der Waals surface area contributed by atoms with Gasteiger partial charge in [-0.05, 0) is 50.4 Å². The van der Waals surface area contributed by atoms with Crippen LogP contribution in [-0.4, -0.2) is 36.5 Å². The summed E-state index contributed by atoms with van der Waals surface area (Å²) in [5.74, 6) is 0.0563. The highest BCUT2D eigenvalue weighted by Gasteiger charge is 2.21. The fourth-order valence-corrected chi connectivity index (χ4v) is 3.17. The van der Waals surface area contributed by atoms with Crippen LogP contribution in [0.5, 0.6) is 0 Å². The molecule has 0 atom stereocenters. The van der Waals surface area contributed by atoms with Gasteiger partial charge in [-0.1, -0.05) is 35.3 Å². The molecule has 1 N–H and O–H groups in total. The molecule has 0 unspecified atom stereocenters. The van der Waals surface area contributed by atoms with E-state index in [1.807, 2.05) is 25.1 Å². The summed E-state index contributed by atoms with van der Waals surface area (Å²) in [5.41, 5.74) is 1.79. The van der Waals surface area contributed by atoms with Crippen LogP contribution in [0.15, 0.2) is 22.7 Å². The third-order valence-electron chi connectivity index (χ3n) is 4.26. The SMILES string of the molecule is CCCCN1CCC(NC(=O)c2cccc(Br)c2C)CC1. The van der Waals surface area contributed by atoms with E-state index in [-0.39, 0.29) is 5.91 Å². The Morgan fingerprint density at radius 1 is 1.38 bits per heavy atom. The number of hydrogen-bond donors (Lipinski definition) is 1. The molecular weight excluding hydrogens is 328 g/mol. The van der Waals surface area contributed by atoms with Gasteiger partial charge >= 0.3 is 0 Å². The Kier molecular flexibility index (Phi) is 6.24. The van der Waals surface area contributed by atoms with Gasteiger partial charge in [-0.2, -0.15) is 0 Å². The topological polar surface area (TPSA) is 32.3 Å². The number of rotatable bonds is 5. The van der Waals surface area contributed by atoms with Crippen molar-refractivity contribution < 1.29 is 4.79 Å². The molecule has 0 aromatic heterocycles. The van der Waals surface area contributed by atoms with E-state index in [0.717, 1.165) is 41.5 Å². The molecule has 0 saturated carbocycles. The molecule has 1 aromatic rings. The lowest BCUT2D eigenvalue weighted by Gasteiger charge is -2.32. The molecule has 1 aromatic carbocycles. The Morgan fingerprint density at radius 2 is 2.10 bits per heavy atom. The summed E-state index contributed by atoms with van der Waals surface area (Å²) < 4.78 is 0.990. The maximum Gasteiger partial charge on any atom is 0.251 e. The first-order chi connectivity index (χ1) is 10.1. The fourth-order valence-electron chi connectivity index (χ4n) is 2.80. The summed E-state index contributed by atoms with van der Waals surface area (Å²) in [6, 6.07) is 6.09. The molecule has 21 heavy (non-hydrogen) atoms. The number of piperidine rings is 1. The Balaban J connectivity index is 1.86. The molecule has 0 radical (unpaired) electrons. The predicted molar refractivity (Wildman–Crippen MR) is 90.7 cm³/mol. The van der Waals surface area contributed by atoms with Crippen LogP contribution < -0.4 is 5.32 Å². The van der Waals surface area contributed by atoms with Gasteiger partial charge in [0.25, 0.3) is 5.91 Å². The van der Waals surface area contributed by atoms with Crippen LogP contribution in [0.25, 0.3) is 0 Å². The summed E-state index contributed by atoms with van der Waals surface area (Å²) in [4.78, 5) is 14.9. The fraction of sp³-hybridized carbons (Fsp3) is 0.588. The Labute approximate surface area is 136 Å². The average Bonchev–Trinajstić information content (AvgIpc) is 2.49. The minimum Gasteiger partial charge on any atom is -0.349 e. The summed E-state index contributed by atoms with van der Waals surface area (Å²) in [7, 11) is 0. The monoisotopic (exact) mass is 352 g/mol. The number of likely N-dealkylation sites (tertiary alicyclic amines) is 1. The summed E-state index contributed by atoms with van der Waals surface area (Å²) in [6.45, 7) is 7.60. The normalized spacial score (nSPS) is 16.9. The number of unbranched alkanes of at least 4 members (excludes halogenated alkanes) is 1. The van der Waals surface area contributed by atoms with Crippen molar-refractivity contribution in [1.82, 2.24) is 10.2 Å². The van der Waals surface area contributed by atoms with Gasteiger partial charge in [-0.15, -0.1) is 0 Å². The van der Waals surface area contributed by atoms with Crippen molar-refractivity contribution in [2.24, 2.45) is 0 Å². The van der Waals surface area contributed by atoms with E-state index in [4.69, 9.17) is 0 Å². The van der Waals surface area contributed by atoms with E-state index in [0.29, 0.717) is 6.04 Å². The molecule has 0 spiro atoms. The second-order valence-electron chi connectivity index (χ2n) is 5.86. The van der Waals surface area contributed by atoms with E-state index in [2.05, 4.69) is 33.1 Å². The van der Waals surface area contributed by atoms with Gasteiger partial charge in [0, 0.05) is 29.2 Å². The van der Waals surface area contributed by atoms with Crippen LogP contribution in [-0.2, 0) is 0 Å². The van der Waals surface area contributed by atoms with E-state index in [9.17, 15) is 4.79 Å². The van der Waals surface area contributed by atoms with Gasteiger partial charge in [0.2, 0.25) is 0 Å². The van der Waals surface area contributed by atoms with E-state index in [1.165, 1.54) is 19.4 Å². The Hall–Kier alpha value is -0.870. The van der Waals surface area contributed by atoms with Gasteiger partial charge in [0.1, 0.15) is 0 Å². The molecular formula is C17H25BrN2O. The largest absolute Gasteiger partial charge is 0.349 e. The third-order valence-corrected chi connectivity index (χ3v) is 5.12. The number of amides is 1. The molecule has 2 rings (SSSR count). The molecule has 116 valence electrons. The zero-order chi connectivity index (χ0) is 15.2. The quantitative estimate of drug-likeness (QED) is 0.874. The maximum absolute atomic E-state index is 12.4. The average molecular weight is 353 g/mol. The lowest BCUT2D eigenvalue weighted by Crippen LogP contribution is -2.45. The standard InChI is InChI=1S/C17H25BrN2O/c1-3-4-10-20-11-8-14(9-12-20)19-17(21)15-6-5-7-16(18)13(15)2/h5-7,14H,3-4,8-12H2,1-2H3,(H,19,21). The van der Waals surface area contributed by atoms with Gasteiger partial charge in [-0.3, -0.25) is 4.79 Å². The van der Waals surface area contributed by atoms with E-state index >= 15 is 0 Å². The van der Waals surface area contributed by atoms with Crippen LogP contribution in [0.4, 0.5) is 0 Å². The summed E-state index contributed by atoms with van der Waals surface area (Å²) in [6.07, 6.45) is 4.64. The number of hydrogen-bond acceptors (Lipinski definition) is 2. The highest BCUT2D eigenvalue weighted by Crippen LogP contribution is 2.20. The number of nitrogens with zero attached hydrogens (tertiary/aromatic N) is 1. The molecule has 3 nitrogen and oxygen atoms in total. The highest BCUT2D eigenvalue weighted by atomic mass is 79.9. The lowest BCUT2D eigenvalue weighted by molar-refractivity contribution is 0.0910. The third kappa shape index (κ3) is 4.55. The number of carbonyl (C=O) groups excluding carboxylic acids is 1. The summed E-state index contributed by atoms with van der Waals surface area (Å²) >= 11 is 3.48. The highest BCUT2D eigenvalue weighted by molar-refractivity contribution is 9.10. The van der Waals surface area contributed by atoms with Crippen molar-refractivity contribution in [3.8, 4) is 0 Å².